The molecule has 0 heterocycles. The van der Waals surface area contributed by atoms with Gasteiger partial charge in [0.25, 0.3) is 0 Å². The van der Waals surface area contributed by atoms with Crippen molar-refractivity contribution in [2.24, 2.45) is 10.9 Å². The Hall–Kier alpha value is -0.770. The van der Waals surface area contributed by atoms with Crippen LogP contribution in [0.3, 0.4) is 0 Å². The van der Waals surface area contributed by atoms with Crippen LogP contribution < -0.4 is 10.6 Å². The Morgan fingerprint density at radius 3 is 2.55 bits per heavy atom. The zero-order chi connectivity index (χ0) is 14.4. The molecule has 2 unspecified atom stereocenters. The highest BCUT2D eigenvalue weighted by molar-refractivity contribution is 5.80. The van der Waals surface area contributed by atoms with E-state index in [9.17, 15) is 0 Å². The highest BCUT2D eigenvalue weighted by atomic mass is 15.2. The number of likely N-dealkylation sites (N-methyl/N-ethyl adjacent to an activating group) is 1. The van der Waals surface area contributed by atoms with Gasteiger partial charge in [-0.3, -0.25) is 4.99 Å². The maximum Gasteiger partial charge on any atom is 0.191 e. The van der Waals surface area contributed by atoms with E-state index < -0.39 is 0 Å². The lowest BCUT2D eigenvalue weighted by Gasteiger charge is -2.30. The lowest BCUT2D eigenvalue weighted by Crippen LogP contribution is -2.40. The predicted molar refractivity (Wildman–Crippen MR) is 86.2 cm³/mol. The second kappa shape index (κ2) is 7.87. The zero-order valence-electron chi connectivity index (χ0n) is 13.5. The Morgan fingerprint density at radius 1 is 1.25 bits per heavy atom. The fourth-order valence-corrected chi connectivity index (χ4v) is 3.04. The molecule has 0 amide bonds. The van der Waals surface area contributed by atoms with Gasteiger partial charge in [-0.1, -0.05) is 26.2 Å². The number of aliphatic imine (C=N–C) groups is 1. The number of nitrogens with one attached hydrogen (secondary N) is 2. The molecular formula is C16H32N4. The second-order valence-electron chi connectivity index (χ2n) is 6.50. The molecular weight excluding hydrogens is 248 g/mol. The third-order valence-corrected chi connectivity index (χ3v) is 4.70. The minimum Gasteiger partial charge on any atom is -0.357 e. The summed E-state index contributed by atoms with van der Waals surface area (Å²) in [5, 5.41) is 6.86. The third kappa shape index (κ3) is 4.97. The van der Waals surface area contributed by atoms with Gasteiger partial charge in [0.05, 0.1) is 6.54 Å². The average Bonchev–Trinajstić information content (AvgIpc) is 3.15. The van der Waals surface area contributed by atoms with Gasteiger partial charge in [-0.05, 0) is 39.2 Å². The predicted octanol–water partition coefficient (Wildman–Crippen LogP) is 2.21. The molecule has 0 bridgehead atoms. The Bertz CT molecular complexity index is 310. The molecule has 4 nitrogen and oxygen atoms in total. The van der Waals surface area contributed by atoms with E-state index in [0.29, 0.717) is 6.04 Å². The van der Waals surface area contributed by atoms with Crippen molar-refractivity contribution in [3.8, 4) is 0 Å². The third-order valence-electron chi connectivity index (χ3n) is 4.70. The molecule has 0 radical (unpaired) electrons. The Labute approximate surface area is 124 Å². The fourth-order valence-electron chi connectivity index (χ4n) is 3.04. The first kappa shape index (κ1) is 15.6. The van der Waals surface area contributed by atoms with Crippen molar-refractivity contribution in [1.29, 1.82) is 0 Å². The zero-order valence-corrected chi connectivity index (χ0v) is 13.5. The highest BCUT2D eigenvalue weighted by Gasteiger charge is 2.33. The van der Waals surface area contributed by atoms with Gasteiger partial charge in [0.2, 0.25) is 0 Å². The summed E-state index contributed by atoms with van der Waals surface area (Å²) >= 11 is 0. The molecule has 2 aliphatic carbocycles. The fraction of sp³-hybridized carbons (Fsp3) is 0.938. The molecule has 2 saturated carbocycles. The molecule has 0 aliphatic heterocycles. The smallest absolute Gasteiger partial charge is 0.191 e. The number of nitrogens with zero attached hydrogens (tertiary/aromatic N) is 2. The maximum atomic E-state index is 4.72. The van der Waals surface area contributed by atoms with Crippen LogP contribution in [0.4, 0.5) is 0 Å². The summed E-state index contributed by atoms with van der Waals surface area (Å²) in [6.07, 6.45) is 8.27. The lowest BCUT2D eigenvalue weighted by molar-refractivity contribution is 0.196. The van der Waals surface area contributed by atoms with Crippen LogP contribution in [0.25, 0.3) is 0 Å². The van der Waals surface area contributed by atoms with Gasteiger partial charge in [-0.25, -0.2) is 0 Å². The van der Waals surface area contributed by atoms with E-state index in [1.54, 1.807) is 0 Å². The van der Waals surface area contributed by atoms with Crippen molar-refractivity contribution in [3.05, 3.63) is 0 Å². The van der Waals surface area contributed by atoms with Crippen molar-refractivity contribution in [2.75, 3.05) is 26.7 Å². The summed E-state index contributed by atoms with van der Waals surface area (Å²) in [4.78, 5) is 7.22. The molecule has 116 valence electrons. The molecule has 0 aromatic heterocycles. The van der Waals surface area contributed by atoms with E-state index in [4.69, 9.17) is 4.99 Å². The van der Waals surface area contributed by atoms with Gasteiger partial charge < -0.3 is 15.5 Å². The minimum atomic E-state index is 0.642. The van der Waals surface area contributed by atoms with Crippen LogP contribution in [0.15, 0.2) is 4.99 Å². The molecule has 0 aromatic rings. The molecule has 0 saturated heterocycles. The molecule has 0 aromatic carbocycles. The Balaban J connectivity index is 1.70. The molecule has 2 atom stereocenters. The van der Waals surface area contributed by atoms with Gasteiger partial charge in [0.15, 0.2) is 5.96 Å². The van der Waals surface area contributed by atoms with Crippen molar-refractivity contribution < 1.29 is 0 Å². The number of rotatable bonds is 6. The first-order valence-electron chi connectivity index (χ1n) is 8.45. The summed E-state index contributed by atoms with van der Waals surface area (Å²) in [7, 11) is 2.26. The van der Waals surface area contributed by atoms with E-state index in [0.717, 1.165) is 37.6 Å². The van der Waals surface area contributed by atoms with Crippen LogP contribution in [0.5, 0.6) is 0 Å². The van der Waals surface area contributed by atoms with E-state index in [2.05, 4.69) is 36.4 Å². The van der Waals surface area contributed by atoms with Gasteiger partial charge in [-0.2, -0.15) is 0 Å². The number of hydrogen-bond acceptors (Lipinski definition) is 2. The molecule has 20 heavy (non-hydrogen) atoms. The lowest BCUT2D eigenvalue weighted by atomic mass is 9.94. The summed E-state index contributed by atoms with van der Waals surface area (Å²) in [5.74, 6) is 1.81. The average molecular weight is 280 g/mol. The van der Waals surface area contributed by atoms with E-state index in [-0.39, 0.29) is 0 Å². The quantitative estimate of drug-likeness (QED) is 0.579. The van der Waals surface area contributed by atoms with Crippen LogP contribution in [-0.4, -0.2) is 49.6 Å². The van der Waals surface area contributed by atoms with Crippen molar-refractivity contribution in [3.63, 3.8) is 0 Å². The molecule has 2 N–H and O–H groups in total. The van der Waals surface area contributed by atoms with Gasteiger partial charge in [0.1, 0.15) is 0 Å². The minimum absolute atomic E-state index is 0.642. The maximum absolute atomic E-state index is 4.72. The van der Waals surface area contributed by atoms with Gasteiger partial charge in [-0.15, -0.1) is 0 Å². The van der Waals surface area contributed by atoms with Crippen LogP contribution >= 0.6 is 0 Å². The Morgan fingerprint density at radius 2 is 1.95 bits per heavy atom. The second-order valence-corrected chi connectivity index (χ2v) is 6.50. The molecule has 4 heteroatoms. The van der Waals surface area contributed by atoms with Gasteiger partial charge >= 0.3 is 0 Å². The largest absolute Gasteiger partial charge is 0.357 e. The van der Waals surface area contributed by atoms with Crippen LogP contribution in [0.2, 0.25) is 0 Å². The molecule has 2 aliphatic rings. The van der Waals surface area contributed by atoms with Gasteiger partial charge in [0, 0.05) is 25.2 Å². The molecule has 0 spiro atoms. The SMILES string of the molecule is CCNC(=NCCN(C)C1CCCCC1)NC1CC1C. The topological polar surface area (TPSA) is 39.7 Å². The summed E-state index contributed by atoms with van der Waals surface area (Å²) in [6.45, 7) is 7.32. The summed E-state index contributed by atoms with van der Waals surface area (Å²) in [6, 6.07) is 1.43. The van der Waals surface area contributed by atoms with Crippen molar-refractivity contribution in [1.82, 2.24) is 15.5 Å². The Kier molecular flexibility index (Phi) is 6.14. The van der Waals surface area contributed by atoms with E-state index in [1.807, 2.05) is 0 Å². The van der Waals surface area contributed by atoms with E-state index in [1.165, 1.54) is 38.5 Å². The summed E-state index contributed by atoms with van der Waals surface area (Å²) < 4.78 is 0. The normalized spacial score (nSPS) is 27.7. The van der Waals surface area contributed by atoms with Crippen LogP contribution in [0, 0.1) is 5.92 Å². The molecule has 2 rings (SSSR count). The van der Waals surface area contributed by atoms with Crippen LogP contribution in [0.1, 0.15) is 52.4 Å². The molecule has 2 fully saturated rings. The summed E-state index contributed by atoms with van der Waals surface area (Å²) in [5.41, 5.74) is 0. The van der Waals surface area contributed by atoms with Crippen LogP contribution in [-0.2, 0) is 0 Å². The number of guanidine groups is 1. The van der Waals surface area contributed by atoms with Crippen molar-refractivity contribution in [2.45, 2.75) is 64.5 Å². The van der Waals surface area contributed by atoms with Crippen molar-refractivity contribution >= 4 is 5.96 Å². The monoisotopic (exact) mass is 280 g/mol. The standard InChI is InChI=1S/C16H32N4/c1-4-17-16(19-15-12-13(15)2)18-10-11-20(3)14-8-6-5-7-9-14/h13-15H,4-12H2,1-3H3,(H2,17,18,19). The first-order valence-corrected chi connectivity index (χ1v) is 8.45. The van der Waals surface area contributed by atoms with E-state index >= 15 is 0 Å². The first-order chi connectivity index (χ1) is 9.70. The highest BCUT2D eigenvalue weighted by Crippen LogP contribution is 2.28. The number of hydrogen-bond donors (Lipinski definition) is 2.